The number of nitrogens with zero attached hydrogens (tertiary/aromatic N) is 1. The smallest absolute Gasteiger partial charge is 0.253 e. The molecule has 0 bridgehead atoms. The maximum absolute atomic E-state index is 13.8. The first kappa shape index (κ1) is 11.2. The van der Waals surface area contributed by atoms with E-state index in [1.54, 1.807) is 6.07 Å². The molecule has 2 N–H and O–H groups in total. The number of halogens is 2. The molecule has 0 radical (unpaired) electrons. The van der Waals surface area contributed by atoms with Gasteiger partial charge in [-0.05, 0) is 12.1 Å². The third kappa shape index (κ3) is 1.67. The van der Waals surface area contributed by atoms with E-state index >= 15 is 0 Å². The molecule has 0 aliphatic carbocycles. The number of amides is 1. The van der Waals surface area contributed by atoms with Crippen molar-refractivity contribution >= 4 is 17.5 Å². The van der Waals surface area contributed by atoms with Gasteiger partial charge in [-0.25, -0.2) is 9.37 Å². The highest BCUT2D eigenvalue weighted by molar-refractivity contribution is 6.29. The van der Waals surface area contributed by atoms with Crippen molar-refractivity contribution in [1.29, 1.82) is 0 Å². The third-order valence-corrected chi connectivity index (χ3v) is 3.20. The highest BCUT2D eigenvalue weighted by Crippen LogP contribution is 2.28. The van der Waals surface area contributed by atoms with Crippen molar-refractivity contribution < 1.29 is 9.18 Å². The minimum Gasteiger partial charge on any atom is -0.358 e. The lowest BCUT2D eigenvalue weighted by Gasteiger charge is -2.10. The first-order chi connectivity index (χ1) is 8.66. The normalized spacial score (nSPS) is 14.2. The van der Waals surface area contributed by atoms with Crippen LogP contribution in [-0.2, 0) is 6.42 Å². The van der Waals surface area contributed by atoms with Gasteiger partial charge in [0.05, 0.1) is 5.56 Å². The number of aromatic amines is 1. The van der Waals surface area contributed by atoms with Crippen molar-refractivity contribution in [2.45, 2.75) is 6.42 Å². The molecule has 0 aromatic carbocycles. The second kappa shape index (κ2) is 4.10. The number of aromatic nitrogens is 2. The number of nitrogens with one attached hydrogen (secondary N) is 2. The Morgan fingerprint density at radius 2 is 2.22 bits per heavy atom. The van der Waals surface area contributed by atoms with Gasteiger partial charge in [0.15, 0.2) is 11.0 Å². The first-order valence-electron chi connectivity index (χ1n) is 5.47. The highest BCUT2D eigenvalue weighted by atomic mass is 35.5. The standard InChI is InChI=1S/C12H9ClFN3O/c13-11-10(14)6(1-3-15-11)9-5-7-8(17-9)2-4-16-12(7)18/h1,3,5,17H,2,4H2,(H,16,18). The van der Waals surface area contributed by atoms with Crippen molar-refractivity contribution in [2.24, 2.45) is 0 Å². The van der Waals surface area contributed by atoms with E-state index in [9.17, 15) is 9.18 Å². The van der Waals surface area contributed by atoms with E-state index in [0.717, 1.165) is 5.69 Å². The molecule has 0 saturated carbocycles. The molecule has 0 fully saturated rings. The topological polar surface area (TPSA) is 57.8 Å². The zero-order valence-corrected chi connectivity index (χ0v) is 10.0. The largest absolute Gasteiger partial charge is 0.358 e. The van der Waals surface area contributed by atoms with E-state index in [1.165, 1.54) is 12.3 Å². The number of rotatable bonds is 1. The van der Waals surface area contributed by atoms with E-state index in [4.69, 9.17) is 11.6 Å². The van der Waals surface area contributed by atoms with E-state index in [2.05, 4.69) is 15.3 Å². The van der Waals surface area contributed by atoms with E-state index in [1.807, 2.05) is 0 Å². The second-order valence-corrected chi connectivity index (χ2v) is 4.40. The number of carbonyl (C=O) groups excluding carboxylic acids is 1. The summed E-state index contributed by atoms with van der Waals surface area (Å²) in [6.07, 6.45) is 2.14. The molecular formula is C12H9ClFN3O. The predicted molar refractivity (Wildman–Crippen MR) is 65.0 cm³/mol. The van der Waals surface area contributed by atoms with Crippen molar-refractivity contribution in [2.75, 3.05) is 6.54 Å². The summed E-state index contributed by atoms with van der Waals surface area (Å²) in [5, 5.41) is 2.56. The summed E-state index contributed by atoms with van der Waals surface area (Å²) in [4.78, 5) is 18.3. The van der Waals surface area contributed by atoms with Crippen LogP contribution in [0, 0.1) is 5.82 Å². The third-order valence-electron chi connectivity index (χ3n) is 2.94. The zero-order chi connectivity index (χ0) is 12.7. The Balaban J connectivity index is 2.13. The van der Waals surface area contributed by atoms with Gasteiger partial charge in [0.1, 0.15) is 0 Å². The lowest BCUT2D eigenvalue weighted by Crippen LogP contribution is -2.31. The molecule has 2 aromatic heterocycles. The monoisotopic (exact) mass is 265 g/mol. The molecule has 92 valence electrons. The molecule has 2 aromatic rings. The van der Waals surface area contributed by atoms with Crippen LogP contribution in [-0.4, -0.2) is 22.4 Å². The van der Waals surface area contributed by atoms with Crippen molar-refractivity contribution in [3.63, 3.8) is 0 Å². The molecule has 0 unspecified atom stereocenters. The molecule has 3 heterocycles. The quantitative estimate of drug-likeness (QED) is 0.777. The number of hydrogen-bond acceptors (Lipinski definition) is 2. The summed E-state index contributed by atoms with van der Waals surface area (Å²) >= 11 is 5.64. The van der Waals surface area contributed by atoms with Gasteiger partial charge in [0, 0.05) is 36.1 Å². The summed E-state index contributed by atoms with van der Waals surface area (Å²) in [6, 6.07) is 3.16. The fourth-order valence-corrected chi connectivity index (χ4v) is 2.22. The molecule has 1 amide bonds. The fraction of sp³-hybridized carbons (Fsp3) is 0.167. The lowest BCUT2D eigenvalue weighted by molar-refractivity contribution is 0.0946. The maximum atomic E-state index is 13.8. The first-order valence-corrected chi connectivity index (χ1v) is 5.85. The van der Waals surface area contributed by atoms with Crippen molar-refractivity contribution in [3.05, 3.63) is 40.6 Å². The molecule has 3 rings (SSSR count). The Hall–Kier alpha value is -1.88. The van der Waals surface area contributed by atoms with Crippen LogP contribution in [0.3, 0.4) is 0 Å². The molecule has 0 atom stereocenters. The average molecular weight is 266 g/mol. The van der Waals surface area contributed by atoms with Gasteiger partial charge in [0.25, 0.3) is 5.91 Å². The Morgan fingerprint density at radius 3 is 3.00 bits per heavy atom. The van der Waals surface area contributed by atoms with E-state index in [-0.39, 0.29) is 11.1 Å². The molecule has 0 spiro atoms. The SMILES string of the molecule is O=C1NCCc2[nH]c(-c3ccnc(Cl)c3F)cc21. The van der Waals surface area contributed by atoms with Gasteiger partial charge < -0.3 is 10.3 Å². The maximum Gasteiger partial charge on any atom is 0.253 e. The van der Waals surface area contributed by atoms with Crippen molar-refractivity contribution in [1.82, 2.24) is 15.3 Å². The molecular weight excluding hydrogens is 257 g/mol. The fourth-order valence-electron chi connectivity index (χ4n) is 2.06. The minimum absolute atomic E-state index is 0.140. The van der Waals surface area contributed by atoms with Gasteiger partial charge in [0.2, 0.25) is 0 Å². The van der Waals surface area contributed by atoms with Crippen LogP contribution in [0.15, 0.2) is 18.3 Å². The van der Waals surface area contributed by atoms with Gasteiger partial charge in [-0.1, -0.05) is 11.6 Å². The lowest BCUT2D eigenvalue weighted by atomic mass is 10.1. The molecule has 6 heteroatoms. The molecule has 18 heavy (non-hydrogen) atoms. The Morgan fingerprint density at radius 1 is 1.39 bits per heavy atom. The predicted octanol–water partition coefficient (Wildman–Crippen LogP) is 2.16. The Bertz CT molecular complexity index is 638. The number of hydrogen-bond donors (Lipinski definition) is 2. The summed E-state index contributed by atoms with van der Waals surface area (Å²) in [7, 11) is 0. The number of fused-ring (bicyclic) bond motifs is 1. The van der Waals surface area contributed by atoms with Crippen LogP contribution in [0.1, 0.15) is 16.1 Å². The van der Waals surface area contributed by atoms with Crippen LogP contribution < -0.4 is 5.32 Å². The van der Waals surface area contributed by atoms with Gasteiger partial charge in [-0.3, -0.25) is 4.79 Å². The number of pyridine rings is 1. The summed E-state index contributed by atoms with van der Waals surface area (Å²) in [5.41, 5.74) is 2.24. The minimum atomic E-state index is -0.585. The average Bonchev–Trinajstić information content (AvgIpc) is 2.78. The van der Waals surface area contributed by atoms with Gasteiger partial charge >= 0.3 is 0 Å². The Labute approximate surface area is 107 Å². The van der Waals surface area contributed by atoms with E-state index in [0.29, 0.717) is 29.8 Å². The van der Waals surface area contributed by atoms with Crippen LogP contribution in [0.25, 0.3) is 11.3 Å². The van der Waals surface area contributed by atoms with Crippen LogP contribution in [0.4, 0.5) is 4.39 Å². The van der Waals surface area contributed by atoms with Gasteiger partial charge in [-0.15, -0.1) is 0 Å². The highest BCUT2D eigenvalue weighted by Gasteiger charge is 2.21. The molecule has 1 aliphatic heterocycles. The molecule has 0 saturated heterocycles. The number of H-pyrrole nitrogens is 1. The molecule has 1 aliphatic rings. The van der Waals surface area contributed by atoms with Crippen LogP contribution >= 0.6 is 11.6 Å². The molecule has 4 nitrogen and oxygen atoms in total. The van der Waals surface area contributed by atoms with Crippen molar-refractivity contribution in [3.8, 4) is 11.3 Å². The van der Waals surface area contributed by atoms with Crippen LogP contribution in [0.5, 0.6) is 0 Å². The summed E-state index contributed by atoms with van der Waals surface area (Å²) in [5.74, 6) is -0.725. The van der Waals surface area contributed by atoms with E-state index < -0.39 is 5.82 Å². The van der Waals surface area contributed by atoms with Crippen LogP contribution in [0.2, 0.25) is 5.15 Å². The van der Waals surface area contributed by atoms with Gasteiger partial charge in [-0.2, -0.15) is 0 Å². The Kier molecular flexibility index (Phi) is 2.56. The summed E-state index contributed by atoms with van der Waals surface area (Å²) < 4.78 is 13.8. The second-order valence-electron chi connectivity index (χ2n) is 4.04. The zero-order valence-electron chi connectivity index (χ0n) is 9.26. The summed E-state index contributed by atoms with van der Waals surface area (Å²) in [6.45, 7) is 0.589. The number of carbonyl (C=O) groups is 1.